The molecule has 8 heteroatoms. The lowest BCUT2D eigenvalue weighted by molar-refractivity contribution is -0.145. The highest BCUT2D eigenvalue weighted by molar-refractivity contribution is 5.90. The number of amides is 2. The normalized spacial score (nSPS) is 12.4. The molecule has 0 aliphatic heterocycles. The number of carbonyl (C=O) groups is 3. The second kappa shape index (κ2) is 12.3. The highest BCUT2D eigenvalue weighted by Crippen LogP contribution is 2.15. The smallest absolute Gasteiger partial charge is 0.408 e. The van der Waals surface area contributed by atoms with E-state index >= 15 is 0 Å². The fourth-order valence-corrected chi connectivity index (χ4v) is 3.06. The van der Waals surface area contributed by atoms with Gasteiger partial charge in [0.1, 0.15) is 24.4 Å². The molecule has 2 N–H and O–H groups in total. The van der Waals surface area contributed by atoms with Gasteiger partial charge in [-0.25, -0.2) is 9.59 Å². The van der Waals surface area contributed by atoms with Gasteiger partial charge in [0.25, 0.3) is 0 Å². The van der Waals surface area contributed by atoms with Crippen molar-refractivity contribution in [2.24, 2.45) is 5.92 Å². The minimum Gasteiger partial charge on any atom is -0.497 e. The Morgan fingerprint density at radius 1 is 0.906 bits per heavy atom. The van der Waals surface area contributed by atoms with Gasteiger partial charge in [-0.05, 0) is 29.2 Å². The van der Waals surface area contributed by atoms with Gasteiger partial charge < -0.3 is 24.8 Å². The minimum atomic E-state index is -0.928. The van der Waals surface area contributed by atoms with Gasteiger partial charge in [-0.15, -0.1) is 0 Å². The molecular weight excluding hydrogens is 412 g/mol. The summed E-state index contributed by atoms with van der Waals surface area (Å²) in [6.45, 7) is 3.66. The van der Waals surface area contributed by atoms with Gasteiger partial charge in [-0.3, -0.25) is 4.79 Å². The molecule has 0 unspecified atom stereocenters. The topological polar surface area (TPSA) is 103 Å². The van der Waals surface area contributed by atoms with E-state index in [4.69, 9.17) is 14.2 Å². The molecule has 0 radical (unpaired) electrons. The molecule has 0 fully saturated rings. The third-order valence-electron chi connectivity index (χ3n) is 4.81. The van der Waals surface area contributed by atoms with Crippen LogP contribution in [0, 0.1) is 5.92 Å². The lowest BCUT2D eigenvalue weighted by Crippen LogP contribution is -2.54. The number of rotatable bonds is 10. The Morgan fingerprint density at radius 3 is 2.22 bits per heavy atom. The first kappa shape index (κ1) is 24.7. The van der Waals surface area contributed by atoms with Crippen molar-refractivity contribution in [3.63, 3.8) is 0 Å². The molecule has 2 atom stereocenters. The predicted molar refractivity (Wildman–Crippen MR) is 119 cm³/mol. The van der Waals surface area contributed by atoms with Crippen LogP contribution >= 0.6 is 0 Å². The first-order valence-corrected chi connectivity index (χ1v) is 10.3. The number of alkyl carbamates (subject to hydrolysis) is 1. The zero-order chi connectivity index (χ0) is 23.5. The number of hydrogen-bond donors (Lipinski definition) is 2. The monoisotopic (exact) mass is 442 g/mol. The number of ether oxygens (including phenoxy) is 3. The molecule has 172 valence electrons. The van der Waals surface area contributed by atoms with Crippen LogP contribution in [-0.2, 0) is 32.1 Å². The van der Waals surface area contributed by atoms with Gasteiger partial charge >= 0.3 is 12.1 Å². The van der Waals surface area contributed by atoms with E-state index in [9.17, 15) is 14.4 Å². The average molecular weight is 443 g/mol. The number of methoxy groups -OCH3 is 2. The van der Waals surface area contributed by atoms with Crippen LogP contribution in [0.1, 0.15) is 25.0 Å². The van der Waals surface area contributed by atoms with E-state index in [1.807, 2.05) is 36.4 Å². The first-order valence-electron chi connectivity index (χ1n) is 10.3. The lowest BCUT2D eigenvalue weighted by atomic mass is 10.0. The van der Waals surface area contributed by atoms with Crippen LogP contribution in [0.2, 0.25) is 0 Å². The zero-order valence-electron chi connectivity index (χ0n) is 18.8. The molecule has 0 heterocycles. The fraction of sp³-hybridized carbons (Fsp3) is 0.375. The molecular formula is C24H30N2O6. The van der Waals surface area contributed by atoms with Crippen molar-refractivity contribution in [1.82, 2.24) is 10.6 Å². The molecule has 8 nitrogen and oxygen atoms in total. The van der Waals surface area contributed by atoms with Crippen LogP contribution < -0.4 is 15.4 Å². The van der Waals surface area contributed by atoms with E-state index in [0.717, 1.165) is 11.1 Å². The van der Waals surface area contributed by atoms with Crippen molar-refractivity contribution in [2.45, 2.75) is 39.0 Å². The maximum atomic E-state index is 12.9. The summed E-state index contributed by atoms with van der Waals surface area (Å²) in [5, 5.41) is 5.28. The number of nitrogens with one attached hydrogen (secondary N) is 2. The van der Waals surface area contributed by atoms with Crippen molar-refractivity contribution < 1.29 is 28.6 Å². The van der Waals surface area contributed by atoms with Crippen molar-refractivity contribution >= 4 is 18.0 Å². The van der Waals surface area contributed by atoms with Crippen molar-refractivity contribution in [3.8, 4) is 5.75 Å². The molecule has 0 aliphatic carbocycles. The molecule has 2 aromatic rings. The Kier molecular flexibility index (Phi) is 9.53. The van der Waals surface area contributed by atoms with Crippen molar-refractivity contribution in [3.05, 3.63) is 65.7 Å². The van der Waals surface area contributed by atoms with Crippen molar-refractivity contribution in [2.75, 3.05) is 14.2 Å². The van der Waals surface area contributed by atoms with Crippen LogP contribution in [0.15, 0.2) is 54.6 Å². The van der Waals surface area contributed by atoms with Crippen LogP contribution in [-0.4, -0.2) is 44.3 Å². The minimum absolute atomic E-state index is 0.0831. The number of benzene rings is 2. The number of carbonyl (C=O) groups excluding carboxylic acids is 3. The highest BCUT2D eigenvalue weighted by Gasteiger charge is 2.30. The Bertz CT molecular complexity index is 900. The third-order valence-corrected chi connectivity index (χ3v) is 4.81. The Balaban J connectivity index is 2.03. The molecule has 2 aromatic carbocycles. The second-order valence-corrected chi connectivity index (χ2v) is 7.57. The largest absolute Gasteiger partial charge is 0.497 e. The first-order chi connectivity index (χ1) is 15.3. The molecule has 0 aliphatic rings. The predicted octanol–water partition coefficient (Wildman–Crippen LogP) is 2.85. The quantitative estimate of drug-likeness (QED) is 0.549. The van der Waals surface area contributed by atoms with E-state index in [1.165, 1.54) is 7.11 Å². The Labute approximate surface area is 188 Å². The summed E-state index contributed by atoms with van der Waals surface area (Å²) in [6.07, 6.45) is -0.510. The molecule has 32 heavy (non-hydrogen) atoms. The fourth-order valence-electron chi connectivity index (χ4n) is 3.06. The lowest BCUT2D eigenvalue weighted by Gasteiger charge is -2.24. The molecule has 2 rings (SSSR count). The van der Waals surface area contributed by atoms with Gasteiger partial charge in [0.15, 0.2) is 0 Å². The zero-order valence-corrected chi connectivity index (χ0v) is 18.8. The summed E-state index contributed by atoms with van der Waals surface area (Å²) in [4.78, 5) is 37.5. The standard InChI is InChI=1S/C24H30N2O6/c1-16(2)21(26-24(29)32-15-17-9-6-5-7-10-17)22(27)25-20(23(28)31-4)14-18-11-8-12-19(13-18)30-3/h5-13,16,20-21H,14-15H2,1-4H3,(H,25,27)(H,26,29)/t20-,21-/m1/s1. The van der Waals surface area contributed by atoms with Crippen molar-refractivity contribution in [1.29, 1.82) is 0 Å². The summed E-state index contributed by atoms with van der Waals surface area (Å²) in [6, 6.07) is 14.6. The third kappa shape index (κ3) is 7.61. The summed E-state index contributed by atoms with van der Waals surface area (Å²) in [7, 11) is 2.81. The number of hydrogen-bond acceptors (Lipinski definition) is 6. The van der Waals surface area contributed by atoms with E-state index in [1.54, 1.807) is 39.2 Å². The molecule has 2 amide bonds. The van der Waals surface area contributed by atoms with E-state index in [0.29, 0.717) is 5.75 Å². The summed E-state index contributed by atoms with van der Waals surface area (Å²) in [5.74, 6) is -0.694. The average Bonchev–Trinajstić information content (AvgIpc) is 2.80. The molecule has 0 spiro atoms. The highest BCUT2D eigenvalue weighted by atomic mass is 16.5. The van der Waals surface area contributed by atoms with E-state index in [-0.39, 0.29) is 18.9 Å². The van der Waals surface area contributed by atoms with Gasteiger partial charge in [-0.1, -0.05) is 56.3 Å². The summed E-state index contributed by atoms with van der Waals surface area (Å²) in [5.41, 5.74) is 1.62. The van der Waals surface area contributed by atoms with E-state index in [2.05, 4.69) is 10.6 Å². The Hall–Kier alpha value is -3.55. The molecule has 0 bridgehead atoms. The maximum absolute atomic E-state index is 12.9. The van der Waals surface area contributed by atoms with E-state index < -0.39 is 30.1 Å². The summed E-state index contributed by atoms with van der Waals surface area (Å²) < 4.78 is 15.3. The van der Waals surface area contributed by atoms with Crippen LogP contribution in [0.3, 0.4) is 0 Å². The van der Waals surface area contributed by atoms with Crippen LogP contribution in [0.5, 0.6) is 5.75 Å². The summed E-state index contributed by atoms with van der Waals surface area (Å²) >= 11 is 0. The SMILES string of the molecule is COC(=O)[C@@H](Cc1cccc(OC)c1)NC(=O)[C@H](NC(=O)OCc1ccccc1)C(C)C. The van der Waals surface area contributed by atoms with Gasteiger partial charge in [0.2, 0.25) is 5.91 Å². The second-order valence-electron chi connectivity index (χ2n) is 7.57. The van der Waals surface area contributed by atoms with Crippen LogP contribution in [0.25, 0.3) is 0 Å². The Morgan fingerprint density at radius 2 is 1.59 bits per heavy atom. The van der Waals surface area contributed by atoms with Crippen LogP contribution in [0.4, 0.5) is 4.79 Å². The molecule has 0 saturated heterocycles. The maximum Gasteiger partial charge on any atom is 0.408 e. The van der Waals surface area contributed by atoms with Gasteiger partial charge in [0.05, 0.1) is 14.2 Å². The van der Waals surface area contributed by atoms with Gasteiger partial charge in [0, 0.05) is 6.42 Å². The molecule has 0 aromatic heterocycles. The molecule has 0 saturated carbocycles. The van der Waals surface area contributed by atoms with Gasteiger partial charge in [-0.2, -0.15) is 0 Å². The number of esters is 1.